The van der Waals surface area contributed by atoms with Crippen LogP contribution in [0.15, 0.2) is 46.0 Å². The van der Waals surface area contributed by atoms with Crippen LogP contribution in [0.25, 0.3) is 11.5 Å². The normalized spacial score (nSPS) is 12.2. The third kappa shape index (κ3) is 3.73. The van der Waals surface area contributed by atoms with E-state index in [1.54, 1.807) is 0 Å². The number of rotatable bonds is 5. The number of hydrogen-bond donors (Lipinski definition) is 0. The van der Waals surface area contributed by atoms with Crippen LogP contribution in [-0.2, 0) is 0 Å². The molecule has 26 heavy (non-hydrogen) atoms. The van der Waals surface area contributed by atoms with Crippen molar-refractivity contribution in [2.75, 3.05) is 0 Å². The molecular weight excluding hydrogens is 344 g/mol. The van der Waals surface area contributed by atoms with Crippen LogP contribution < -0.4 is 0 Å². The molecule has 0 spiro atoms. The first-order valence-electron chi connectivity index (χ1n) is 8.55. The van der Waals surface area contributed by atoms with Crippen molar-refractivity contribution in [3.63, 3.8) is 0 Å². The largest absolute Gasteiger partial charge is 0.411 e. The zero-order valence-electron chi connectivity index (χ0n) is 15.7. The zero-order chi connectivity index (χ0) is 18.8. The number of nitrogens with zero attached hydrogens (tertiary/aromatic N) is 2. The van der Waals surface area contributed by atoms with E-state index in [4.69, 9.17) is 4.42 Å². The molecule has 3 aromatic rings. The minimum atomic E-state index is -0.305. The van der Waals surface area contributed by atoms with Gasteiger partial charge in [0.2, 0.25) is 5.89 Å². The number of thioether (sulfide) groups is 1. The lowest BCUT2D eigenvalue weighted by Crippen LogP contribution is -2.15. The summed E-state index contributed by atoms with van der Waals surface area (Å²) >= 11 is 1.30. The Kier molecular flexibility index (Phi) is 5.28. The highest BCUT2D eigenvalue weighted by Gasteiger charge is 2.22. The van der Waals surface area contributed by atoms with E-state index >= 15 is 0 Å². The van der Waals surface area contributed by atoms with Crippen molar-refractivity contribution in [3.8, 4) is 11.5 Å². The number of benzene rings is 2. The van der Waals surface area contributed by atoms with E-state index in [0.29, 0.717) is 11.1 Å². The Balaban J connectivity index is 1.78. The number of carbonyl (C=O) groups excluding carboxylic acids is 1. The Morgan fingerprint density at radius 3 is 2.38 bits per heavy atom. The number of aromatic nitrogens is 2. The highest BCUT2D eigenvalue weighted by Crippen LogP contribution is 2.29. The molecule has 4 nitrogen and oxygen atoms in total. The number of aryl methyl sites for hydroxylation is 4. The quantitative estimate of drug-likeness (QED) is 0.451. The van der Waals surface area contributed by atoms with E-state index in [0.717, 1.165) is 27.8 Å². The molecule has 0 saturated carbocycles. The molecule has 0 radical (unpaired) electrons. The molecule has 0 aliphatic carbocycles. The second-order valence-corrected chi connectivity index (χ2v) is 7.86. The molecule has 2 aromatic carbocycles. The molecule has 0 aliphatic rings. The van der Waals surface area contributed by atoms with Crippen LogP contribution in [0, 0.1) is 27.7 Å². The van der Waals surface area contributed by atoms with E-state index in [-0.39, 0.29) is 11.0 Å². The lowest BCUT2D eigenvalue weighted by atomic mass is 9.97. The van der Waals surface area contributed by atoms with Crippen molar-refractivity contribution in [1.29, 1.82) is 0 Å². The Morgan fingerprint density at radius 2 is 1.65 bits per heavy atom. The molecular formula is C21H22N2O2S. The van der Waals surface area contributed by atoms with E-state index in [1.165, 1.54) is 17.3 Å². The van der Waals surface area contributed by atoms with Crippen LogP contribution in [0.4, 0.5) is 0 Å². The molecule has 3 rings (SSSR count). The van der Waals surface area contributed by atoms with Crippen LogP contribution in [-0.4, -0.2) is 21.2 Å². The minimum Gasteiger partial charge on any atom is -0.411 e. The van der Waals surface area contributed by atoms with Crippen LogP contribution in [0.5, 0.6) is 0 Å². The molecule has 0 N–H and O–H groups in total. The van der Waals surface area contributed by atoms with Gasteiger partial charge >= 0.3 is 0 Å². The molecule has 0 saturated heterocycles. The van der Waals surface area contributed by atoms with Gasteiger partial charge in [0, 0.05) is 11.1 Å². The first-order valence-corrected chi connectivity index (χ1v) is 9.43. The second kappa shape index (κ2) is 7.46. The molecule has 1 heterocycles. The fourth-order valence-corrected chi connectivity index (χ4v) is 3.58. The van der Waals surface area contributed by atoms with Crippen LogP contribution in [0.3, 0.4) is 0 Å². The van der Waals surface area contributed by atoms with Crippen molar-refractivity contribution >= 4 is 17.5 Å². The summed E-state index contributed by atoms with van der Waals surface area (Å²) in [6.45, 7) is 9.93. The smallest absolute Gasteiger partial charge is 0.277 e. The lowest BCUT2D eigenvalue weighted by Gasteiger charge is -2.12. The summed E-state index contributed by atoms with van der Waals surface area (Å²) < 4.78 is 5.77. The zero-order valence-corrected chi connectivity index (χ0v) is 16.5. The molecule has 1 unspecified atom stereocenters. The Morgan fingerprint density at radius 1 is 0.962 bits per heavy atom. The van der Waals surface area contributed by atoms with E-state index in [9.17, 15) is 4.79 Å². The molecule has 134 valence electrons. The number of carbonyl (C=O) groups is 1. The van der Waals surface area contributed by atoms with Gasteiger partial charge in [-0.05, 0) is 69.0 Å². The van der Waals surface area contributed by atoms with E-state index in [1.807, 2.05) is 58.0 Å². The number of hydrogen-bond acceptors (Lipinski definition) is 5. The van der Waals surface area contributed by atoms with Gasteiger partial charge in [0.25, 0.3) is 5.22 Å². The average Bonchev–Trinajstić information content (AvgIpc) is 3.06. The van der Waals surface area contributed by atoms with Crippen molar-refractivity contribution in [2.45, 2.75) is 45.1 Å². The van der Waals surface area contributed by atoms with Gasteiger partial charge in [0.15, 0.2) is 5.78 Å². The van der Waals surface area contributed by atoms with Gasteiger partial charge in [0.1, 0.15) is 0 Å². The highest BCUT2D eigenvalue weighted by molar-refractivity contribution is 8.00. The Hall–Kier alpha value is -2.40. The first-order chi connectivity index (χ1) is 12.4. The summed E-state index contributed by atoms with van der Waals surface area (Å²) in [6, 6.07) is 11.9. The highest BCUT2D eigenvalue weighted by atomic mass is 32.2. The van der Waals surface area contributed by atoms with Gasteiger partial charge in [-0.1, -0.05) is 36.0 Å². The monoisotopic (exact) mass is 366 g/mol. The molecule has 0 aliphatic heterocycles. The lowest BCUT2D eigenvalue weighted by molar-refractivity contribution is 0.0993. The van der Waals surface area contributed by atoms with Crippen molar-refractivity contribution in [2.24, 2.45) is 0 Å². The Labute approximate surface area is 158 Å². The second-order valence-electron chi connectivity index (χ2n) is 6.56. The van der Waals surface area contributed by atoms with Crippen LogP contribution in [0.1, 0.15) is 39.5 Å². The predicted molar refractivity (Wildman–Crippen MR) is 105 cm³/mol. The third-order valence-corrected chi connectivity index (χ3v) is 5.47. The predicted octanol–water partition coefficient (Wildman–Crippen LogP) is 5.33. The van der Waals surface area contributed by atoms with Gasteiger partial charge in [0.05, 0.1) is 5.25 Å². The maximum Gasteiger partial charge on any atom is 0.277 e. The fourth-order valence-electron chi connectivity index (χ4n) is 2.83. The standard InChI is InChI=1S/C21H22N2O2S/c1-12-8-6-7-9-17(12)20-22-23-21(25-20)26-16(5)19(24)18-11-14(3)13(2)10-15(18)4/h6-11,16H,1-5H3. The van der Waals surface area contributed by atoms with Gasteiger partial charge in [-0.2, -0.15) is 0 Å². The van der Waals surface area contributed by atoms with Crippen LogP contribution in [0.2, 0.25) is 0 Å². The average molecular weight is 366 g/mol. The molecule has 1 aromatic heterocycles. The van der Waals surface area contributed by atoms with Gasteiger partial charge < -0.3 is 4.42 Å². The van der Waals surface area contributed by atoms with Gasteiger partial charge in [-0.15, -0.1) is 10.2 Å². The maximum atomic E-state index is 12.9. The van der Waals surface area contributed by atoms with Crippen molar-refractivity contribution < 1.29 is 9.21 Å². The summed E-state index contributed by atoms with van der Waals surface area (Å²) in [7, 11) is 0. The molecule has 0 fully saturated rings. The first kappa shape index (κ1) is 18.4. The summed E-state index contributed by atoms with van der Waals surface area (Å²) in [5.74, 6) is 0.554. The maximum absolute atomic E-state index is 12.9. The number of ketones is 1. The van der Waals surface area contributed by atoms with Crippen molar-refractivity contribution in [3.05, 3.63) is 64.2 Å². The number of Topliss-reactive ketones (excluding diaryl/α,β-unsaturated/α-hetero) is 1. The molecule has 5 heteroatoms. The molecule has 1 atom stereocenters. The van der Waals surface area contributed by atoms with E-state index in [2.05, 4.69) is 23.2 Å². The minimum absolute atomic E-state index is 0.0752. The topological polar surface area (TPSA) is 56.0 Å². The fraction of sp³-hybridized carbons (Fsp3) is 0.286. The van der Waals surface area contributed by atoms with Gasteiger partial charge in [-0.25, -0.2) is 0 Å². The van der Waals surface area contributed by atoms with Crippen LogP contribution >= 0.6 is 11.8 Å². The van der Waals surface area contributed by atoms with Gasteiger partial charge in [-0.3, -0.25) is 4.79 Å². The summed E-state index contributed by atoms with van der Waals surface area (Å²) in [5, 5.41) is 8.33. The molecule has 0 bridgehead atoms. The Bertz CT molecular complexity index is 962. The summed E-state index contributed by atoms with van der Waals surface area (Å²) in [6.07, 6.45) is 0. The van der Waals surface area contributed by atoms with Crippen molar-refractivity contribution in [1.82, 2.24) is 10.2 Å². The summed E-state index contributed by atoms with van der Waals surface area (Å²) in [4.78, 5) is 12.9. The SMILES string of the molecule is Cc1cc(C)c(C(=O)C(C)Sc2nnc(-c3ccccc3C)o2)cc1C. The van der Waals surface area contributed by atoms with E-state index < -0.39 is 0 Å². The summed E-state index contributed by atoms with van der Waals surface area (Å²) in [5.41, 5.74) is 6.05. The third-order valence-electron chi connectivity index (χ3n) is 4.53. The molecule has 0 amide bonds.